The van der Waals surface area contributed by atoms with Crippen molar-refractivity contribution >= 4 is 11.5 Å². The molecule has 1 unspecified atom stereocenters. The molecule has 21 heavy (non-hydrogen) atoms. The molecule has 3 nitrogen and oxygen atoms in total. The summed E-state index contributed by atoms with van der Waals surface area (Å²) in [5, 5.41) is 3.24. The Labute approximate surface area is 128 Å². The number of nitrogens with zero attached hydrogens (tertiary/aromatic N) is 2. The molecule has 0 saturated carbocycles. The minimum Gasteiger partial charge on any atom is -0.326 e. The van der Waals surface area contributed by atoms with Gasteiger partial charge in [0.15, 0.2) is 0 Å². The second kappa shape index (κ2) is 7.79. The van der Waals surface area contributed by atoms with E-state index in [1.807, 2.05) is 19.3 Å². The SMILES string of the molecule is CCCCN(c1ccccc1)c1ccc(C(C)NC)cn1. The molecule has 1 aromatic carbocycles. The lowest BCUT2D eigenvalue weighted by Crippen LogP contribution is -2.20. The zero-order chi connectivity index (χ0) is 15.1. The van der Waals surface area contributed by atoms with Gasteiger partial charge in [-0.2, -0.15) is 0 Å². The largest absolute Gasteiger partial charge is 0.326 e. The molecule has 0 aliphatic heterocycles. The lowest BCUT2D eigenvalue weighted by molar-refractivity contribution is 0.649. The third-order valence-electron chi connectivity index (χ3n) is 3.78. The van der Waals surface area contributed by atoms with Gasteiger partial charge >= 0.3 is 0 Å². The van der Waals surface area contributed by atoms with E-state index in [0.29, 0.717) is 6.04 Å². The van der Waals surface area contributed by atoms with Crippen molar-refractivity contribution in [1.29, 1.82) is 0 Å². The van der Waals surface area contributed by atoms with Crippen molar-refractivity contribution in [3.05, 3.63) is 54.2 Å². The number of pyridine rings is 1. The number of aromatic nitrogens is 1. The van der Waals surface area contributed by atoms with Gasteiger partial charge in [0, 0.05) is 24.5 Å². The molecule has 0 saturated heterocycles. The third-order valence-corrected chi connectivity index (χ3v) is 3.78. The van der Waals surface area contributed by atoms with Crippen LogP contribution in [0.25, 0.3) is 0 Å². The minimum absolute atomic E-state index is 0.326. The first kappa shape index (κ1) is 15.5. The van der Waals surface area contributed by atoms with Crippen LogP contribution < -0.4 is 10.2 Å². The average Bonchev–Trinajstić information content (AvgIpc) is 2.56. The molecule has 1 atom stereocenters. The van der Waals surface area contributed by atoms with Crippen LogP contribution in [0, 0.1) is 0 Å². The van der Waals surface area contributed by atoms with Crippen LogP contribution in [0.3, 0.4) is 0 Å². The Morgan fingerprint density at radius 1 is 1.14 bits per heavy atom. The van der Waals surface area contributed by atoms with Crippen molar-refractivity contribution in [2.24, 2.45) is 0 Å². The van der Waals surface area contributed by atoms with Gasteiger partial charge in [-0.15, -0.1) is 0 Å². The Kier molecular flexibility index (Phi) is 5.76. The van der Waals surface area contributed by atoms with E-state index < -0.39 is 0 Å². The number of nitrogens with one attached hydrogen (secondary N) is 1. The van der Waals surface area contributed by atoms with Crippen LogP contribution in [0.1, 0.15) is 38.3 Å². The summed E-state index contributed by atoms with van der Waals surface area (Å²) < 4.78 is 0. The van der Waals surface area contributed by atoms with Crippen molar-refractivity contribution in [3.63, 3.8) is 0 Å². The Morgan fingerprint density at radius 2 is 1.90 bits per heavy atom. The van der Waals surface area contributed by atoms with Gasteiger partial charge in [0.1, 0.15) is 5.82 Å². The van der Waals surface area contributed by atoms with Gasteiger partial charge < -0.3 is 10.2 Å². The zero-order valence-corrected chi connectivity index (χ0v) is 13.2. The molecule has 0 radical (unpaired) electrons. The molecule has 2 rings (SSSR count). The molecule has 112 valence electrons. The predicted molar refractivity (Wildman–Crippen MR) is 90.1 cm³/mol. The van der Waals surface area contributed by atoms with E-state index >= 15 is 0 Å². The summed E-state index contributed by atoms with van der Waals surface area (Å²) in [6.07, 6.45) is 4.31. The molecule has 1 aromatic heterocycles. The quantitative estimate of drug-likeness (QED) is 0.821. The fraction of sp³-hybridized carbons (Fsp3) is 0.389. The molecule has 0 fully saturated rings. The summed E-state index contributed by atoms with van der Waals surface area (Å²) in [7, 11) is 1.97. The van der Waals surface area contributed by atoms with E-state index in [2.05, 4.69) is 65.4 Å². The molecule has 0 amide bonds. The molecule has 0 aliphatic rings. The number of unbranched alkanes of at least 4 members (excludes halogenated alkanes) is 1. The fourth-order valence-corrected chi connectivity index (χ4v) is 2.28. The van der Waals surface area contributed by atoms with Gasteiger partial charge in [-0.25, -0.2) is 4.98 Å². The fourth-order valence-electron chi connectivity index (χ4n) is 2.28. The highest BCUT2D eigenvalue weighted by Gasteiger charge is 2.10. The van der Waals surface area contributed by atoms with E-state index in [4.69, 9.17) is 0 Å². The number of para-hydroxylation sites is 1. The van der Waals surface area contributed by atoms with Crippen LogP contribution in [-0.2, 0) is 0 Å². The highest BCUT2D eigenvalue weighted by molar-refractivity contribution is 5.59. The van der Waals surface area contributed by atoms with Crippen LogP contribution in [-0.4, -0.2) is 18.6 Å². The van der Waals surface area contributed by atoms with Gasteiger partial charge in [0.25, 0.3) is 0 Å². The summed E-state index contributed by atoms with van der Waals surface area (Å²) >= 11 is 0. The Morgan fingerprint density at radius 3 is 2.48 bits per heavy atom. The maximum Gasteiger partial charge on any atom is 0.132 e. The standard InChI is InChI=1S/C18H25N3/c1-4-5-13-21(17-9-7-6-8-10-17)18-12-11-16(14-20-18)15(2)19-3/h6-12,14-15,19H,4-5,13H2,1-3H3. The number of anilines is 2. The molecule has 0 bridgehead atoms. The van der Waals surface area contributed by atoms with Gasteiger partial charge in [-0.1, -0.05) is 37.6 Å². The van der Waals surface area contributed by atoms with E-state index in [-0.39, 0.29) is 0 Å². The molecular formula is C18H25N3. The van der Waals surface area contributed by atoms with Gasteiger partial charge in [0.05, 0.1) is 0 Å². The molecule has 0 aliphatic carbocycles. The Balaban J connectivity index is 2.24. The maximum absolute atomic E-state index is 4.66. The van der Waals surface area contributed by atoms with E-state index in [9.17, 15) is 0 Å². The first-order chi connectivity index (χ1) is 10.3. The lowest BCUT2D eigenvalue weighted by atomic mass is 10.1. The minimum atomic E-state index is 0.326. The number of benzene rings is 1. The number of hydrogen-bond acceptors (Lipinski definition) is 3. The smallest absolute Gasteiger partial charge is 0.132 e. The molecule has 0 spiro atoms. The van der Waals surface area contributed by atoms with Crippen LogP contribution in [0.15, 0.2) is 48.7 Å². The first-order valence-corrected chi connectivity index (χ1v) is 7.72. The molecule has 2 aromatic rings. The summed E-state index contributed by atoms with van der Waals surface area (Å²) in [5.74, 6) is 1.02. The summed E-state index contributed by atoms with van der Waals surface area (Å²) in [5.41, 5.74) is 2.41. The first-order valence-electron chi connectivity index (χ1n) is 7.72. The normalized spacial score (nSPS) is 12.1. The van der Waals surface area contributed by atoms with Gasteiger partial charge in [-0.05, 0) is 44.2 Å². The highest BCUT2D eigenvalue weighted by Crippen LogP contribution is 2.24. The van der Waals surface area contributed by atoms with Crippen molar-refractivity contribution in [1.82, 2.24) is 10.3 Å². The average molecular weight is 283 g/mol. The van der Waals surface area contributed by atoms with E-state index in [1.54, 1.807) is 0 Å². The Bertz CT molecular complexity index is 522. The molecule has 1 heterocycles. The van der Waals surface area contributed by atoms with Gasteiger partial charge in [0.2, 0.25) is 0 Å². The van der Waals surface area contributed by atoms with Crippen molar-refractivity contribution in [3.8, 4) is 0 Å². The number of hydrogen-bond donors (Lipinski definition) is 1. The maximum atomic E-state index is 4.66. The second-order valence-electron chi connectivity index (χ2n) is 5.30. The molecular weight excluding hydrogens is 258 g/mol. The van der Waals surface area contributed by atoms with E-state index in [1.165, 1.54) is 17.7 Å². The predicted octanol–water partition coefficient (Wildman–Crippen LogP) is 4.30. The van der Waals surface area contributed by atoms with Crippen molar-refractivity contribution < 1.29 is 0 Å². The van der Waals surface area contributed by atoms with Crippen LogP contribution in [0.2, 0.25) is 0 Å². The van der Waals surface area contributed by atoms with Crippen LogP contribution in [0.5, 0.6) is 0 Å². The van der Waals surface area contributed by atoms with Crippen LogP contribution in [0.4, 0.5) is 11.5 Å². The summed E-state index contributed by atoms with van der Waals surface area (Å²) in [4.78, 5) is 6.95. The van der Waals surface area contributed by atoms with Crippen LogP contribution >= 0.6 is 0 Å². The summed E-state index contributed by atoms with van der Waals surface area (Å²) in [6.45, 7) is 5.35. The third kappa shape index (κ3) is 4.05. The summed E-state index contributed by atoms with van der Waals surface area (Å²) in [6, 6.07) is 15.1. The highest BCUT2D eigenvalue weighted by atomic mass is 15.2. The zero-order valence-electron chi connectivity index (χ0n) is 13.2. The van der Waals surface area contributed by atoms with Gasteiger partial charge in [-0.3, -0.25) is 0 Å². The number of rotatable bonds is 7. The second-order valence-corrected chi connectivity index (χ2v) is 5.30. The van der Waals surface area contributed by atoms with E-state index in [0.717, 1.165) is 18.8 Å². The Hall–Kier alpha value is -1.87. The molecule has 3 heteroatoms. The topological polar surface area (TPSA) is 28.2 Å². The molecule has 1 N–H and O–H groups in total. The van der Waals surface area contributed by atoms with Crippen molar-refractivity contribution in [2.75, 3.05) is 18.5 Å². The monoisotopic (exact) mass is 283 g/mol. The lowest BCUT2D eigenvalue weighted by Gasteiger charge is -2.24. The van der Waals surface area contributed by atoms with Crippen molar-refractivity contribution in [2.45, 2.75) is 32.7 Å².